The first kappa shape index (κ1) is 33.1. The second-order valence-corrected chi connectivity index (χ2v) is 11.2. The summed E-state index contributed by atoms with van der Waals surface area (Å²) in [4.78, 5) is 38.1. The minimum atomic E-state index is -4.79. The normalized spacial score (nSPS) is 12.4. The molecule has 0 aliphatic rings. The first-order chi connectivity index (χ1) is 18.2. The fourth-order valence-corrected chi connectivity index (χ4v) is 3.84. The van der Waals surface area contributed by atoms with Gasteiger partial charge >= 0.3 is 6.18 Å². The zero-order valence-corrected chi connectivity index (χ0v) is 23.3. The van der Waals surface area contributed by atoms with Crippen molar-refractivity contribution >= 4 is 29.1 Å². The van der Waals surface area contributed by atoms with Crippen LogP contribution in [0.1, 0.15) is 72.9 Å². The smallest absolute Gasteiger partial charge is 0.400 e. The fourth-order valence-electron chi connectivity index (χ4n) is 3.59. The number of hydrogen-bond donors (Lipinski definition) is 1. The van der Waals surface area contributed by atoms with E-state index in [-0.39, 0.29) is 27.5 Å². The molecule has 0 unspecified atom stereocenters. The van der Waals surface area contributed by atoms with E-state index in [1.807, 2.05) is 0 Å². The number of aryl methyl sites for hydroxylation is 1. The maximum Gasteiger partial charge on any atom is 0.400 e. The van der Waals surface area contributed by atoms with Crippen LogP contribution >= 0.6 is 11.6 Å². The highest BCUT2D eigenvalue weighted by molar-refractivity contribution is 6.34. The second kappa shape index (κ2) is 12.6. The lowest BCUT2D eigenvalue weighted by Crippen LogP contribution is -2.40. The summed E-state index contributed by atoms with van der Waals surface area (Å²) in [6.45, 7) is 5.61. The number of rotatable bonds is 11. The van der Waals surface area contributed by atoms with Gasteiger partial charge in [-0.15, -0.1) is 0 Å². The molecule has 2 rings (SSSR count). The Balaban J connectivity index is 2.34. The van der Waals surface area contributed by atoms with Gasteiger partial charge in [-0.25, -0.2) is 13.2 Å². The van der Waals surface area contributed by atoms with Crippen molar-refractivity contribution in [1.29, 1.82) is 0 Å². The van der Waals surface area contributed by atoms with Gasteiger partial charge in [-0.2, -0.15) is 13.2 Å². The molecule has 0 saturated heterocycles. The van der Waals surface area contributed by atoms with E-state index >= 15 is 4.39 Å². The van der Waals surface area contributed by atoms with Crippen molar-refractivity contribution in [3.8, 4) is 5.75 Å². The van der Waals surface area contributed by atoms with Gasteiger partial charge in [0.2, 0.25) is 0 Å². The van der Waals surface area contributed by atoms with E-state index in [0.717, 1.165) is 13.8 Å². The highest BCUT2D eigenvalue weighted by Crippen LogP contribution is 2.39. The summed E-state index contributed by atoms with van der Waals surface area (Å²) in [5, 5.41) is 2.42. The van der Waals surface area contributed by atoms with Crippen molar-refractivity contribution in [2.45, 2.75) is 72.0 Å². The first-order valence-electron chi connectivity index (χ1n) is 12.2. The van der Waals surface area contributed by atoms with Crippen LogP contribution in [0.25, 0.3) is 0 Å². The van der Waals surface area contributed by atoms with Crippen molar-refractivity contribution in [3.63, 3.8) is 0 Å². The van der Waals surface area contributed by atoms with E-state index in [1.54, 1.807) is 20.8 Å². The molecular formula is C28H30ClF6NO4. The summed E-state index contributed by atoms with van der Waals surface area (Å²) in [5.74, 6) is -3.82. The summed E-state index contributed by atoms with van der Waals surface area (Å²) in [5.41, 5.74) is -3.91. The van der Waals surface area contributed by atoms with Crippen LogP contribution < -0.4 is 10.1 Å². The minimum Gasteiger partial charge on any atom is -0.487 e. The van der Waals surface area contributed by atoms with Crippen LogP contribution in [-0.2, 0) is 17.6 Å². The third kappa shape index (κ3) is 8.46. The zero-order chi connectivity index (χ0) is 30.6. The van der Waals surface area contributed by atoms with Crippen molar-refractivity contribution in [1.82, 2.24) is 5.32 Å². The SMILES string of the molecule is CC(C)(C)NC(=O)c1cc(CC(=O)c2c(Cl)ccc(CCC(=O)C(C)(C)C(F)(F)F)c2F)ccc1OCC(F)F. The maximum absolute atomic E-state index is 15.3. The third-order valence-electron chi connectivity index (χ3n) is 5.98. The molecule has 0 radical (unpaired) electrons. The molecule has 0 fully saturated rings. The molecule has 0 bridgehead atoms. The Kier molecular flexibility index (Phi) is 10.4. The number of Topliss-reactive ketones (excluding diaryl/α,β-unsaturated/α-hetero) is 2. The van der Waals surface area contributed by atoms with Gasteiger partial charge in [-0.1, -0.05) is 23.7 Å². The number of amides is 1. The van der Waals surface area contributed by atoms with Gasteiger partial charge in [-0.3, -0.25) is 14.4 Å². The summed E-state index contributed by atoms with van der Waals surface area (Å²) >= 11 is 6.08. The highest BCUT2D eigenvalue weighted by atomic mass is 35.5. The number of ether oxygens (including phenoxy) is 1. The van der Waals surface area contributed by atoms with Crippen LogP contribution in [0.15, 0.2) is 30.3 Å². The molecule has 0 aliphatic heterocycles. The number of alkyl halides is 5. The Morgan fingerprint density at radius 1 is 1.00 bits per heavy atom. The van der Waals surface area contributed by atoms with Crippen molar-refractivity contribution in [2.75, 3.05) is 6.61 Å². The lowest BCUT2D eigenvalue weighted by atomic mass is 9.84. The summed E-state index contributed by atoms with van der Waals surface area (Å²) in [7, 11) is 0. The van der Waals surface area contributed by atoms with Crippen LogP contribution in [0.4, 0.5) is 26.3 Å². The van der Waals surface area contributed by atoms with E-state index in [2.05, 4.69) is 5.32 Å². The van der Waals surface area contributed by atoms with Crippen LogP contribution in [0, 0.1) is 11.2 Å². The molecule has 12 heteroatoms. The van der Waals surface area contributed by atoms with Gasteiger partial charge in [0.1, 0.15) is 29.4 Å². The number of halogens is 7. The second-order valence-electron chi connectivity index (χ2n) is 10.8. The Morgan fingerprint density at radius 3 is 2.17 bits per heavy atom. The maximum atomic E-state index is 15.3. The average Bonchev–Trinajstić information content (AvgIpc) is 2.80. The molecule has 0 saturated carbocycles. The van der Waals surface area contributed by atoms with Gasteiger partial charge in [-0.05, 0) is 70.4 Å². The molecule has 40 heavy (non-hydrogen) atoms. The van der Waals surface area contributed by atoms with E-state index in [0.29, 0.717) is 0 Å². The molecule has 1 N–H and O–H groups in total. The average molecular weight is 594 g/mol. The molecule has 0 spiro atoms. The van der Waals surface area contributed by atoms with Crippen LogP contribution in [-0.4, -0.2) is 42.2 Å². The van der Waals surface area contributed by atoms with Gasteiger partial charge < -0.3 is 10.1 Å². The number of carbonyl (C=O) groups excluding carboxylic acids is 3. The quantitative estimate of drug-likeness (QED) is 0.222. The Bertz CT molecular complexity index is 1270. The Labute approximate surface area is 233 Å². The van der Waals surface area contributed by atoms with Crippen LogP contribution in [0.5, 0.6) is 5.75 Å². The lowest BCUT2D eigenvalue weighted by molar-refractivity contribution is -0.210. The molecule has 5 nitrogen and oxygen atoms in total. The standard InChI is InChI=1S/C28H30ClF6NO4/c1-26(2,3)36-25(39)17-12-15(6-10-20(17)40-14-22(30)31)13-19(37)23-18(29)9-7-16(24(23)32)8-11-21(38)27(4,5)28(33,34)35/h6-7,9-10,12,22H,8,11,13-14H2,1-5H3,(H,36,39). The topological polar surface area (TPSA) is 72.5 Å². The number of carbonyl (C=O) groups is 3. The van der Waals surface area contributed by atoms with Gasteiger partial charge in [0.25, 0.3) is 12.3 Å². The van der Waals surface area contributed by atoms with Gasteiger partial charge in [0.15, 0.2) is 5.78 Å². The fraction of sp³-hybridized carbons (Fsp3) is 0.464. The van der Waals surface area contributed by atoms with Crippen molar-refractivity contribution in [2.24, 2.45) is 5.41 Å². The Morgan fingerprint density at radius 2 is 1.62 bits per heavy atom. The number of hydrogen-bond acceptors (Lipinski definition) is 4. The van der Waals surface area contributed by atoms with E-state index in [1.165, 1.54) is 30.3 Å². The Hall–Kier alpha value is -3.08. The molecule has 2 aromatic rings. The molecule has 0 heterocycles. The number of nitrogens with one attached hydrogen (secondary N) is 1. The monoisotopic (exact) mass is 593 g/mol. The van der Waals surface area contributed by atoms with Gasteiger partial charge in [0, 0.05) is 18.4 Å². The third-order valence-corrected chi connectivity index (χ3v) is 6.30. The van der Waals surface area contributed by atoms with Crippen LogP contribution in [0.3, 0.4) is 0 Å². The number of benzene rings is 2. The van der Waals surface area contributed by atoms with Gasteiger partial charge in [0.05, 0.1) is 16.1 Å². The minimum absolute atomic E-state index is 0.119. The zero-order valence-electron chi connectivity index (χ0n) is 22.6. The molecule has 0 atom stereocenters. The summed E-state index contributed by atoms with van der Waals surface area (Å²) in [6.07, 6.45) is -9.05. The molecular weight excluding hydrogens is 564 g/mol. The van der Waals surface area contributed by atoms with E-state index in [9.17, 15) is 36.3 Å². The molecule has 0 aliphatic carbocycles. The summed E-state index contributed by atoms with van der Waals surface area (Å²) in [6, 6.07) is 6.24. The highest BCUT2D eigenvalue weighted by Gasteiger charge is 2.52. The van der Waals surface area contributed by atoms with E-state index < -0.39 is 78.3 Å². The molecule has 0 aromatic heterocycles. The predicted octanol–water partition coefficient (Wildman–Crippen LogP) is 7.17. The van der Waals surface area contributed by atoms with Crippen molar-refractivity contribution < 1.29 is 45.5 Å². The largest absolute Gasteiger partial charge is 0.487 e. The molecule has 2 aromatic carbocycles. The first-order valence-corrected chi connectivity index (χ1v) is 12.6. The van der Waals surface area contributed by atoms with E-state index in [4.69, 9.17) is 16.3 Å². The molecule has 1 amide bonds. The summed E-state index contributed by atoms with van der Waals surface area (Å²) < 4.78 is 85.2. The molecule has 220 valence electrons. The predicted molar refractivity (Wildman–Crippen MR) is 138 cm³/mol. The van der Waals surface area contributed by atoms with Crippen molar-refractivity contribution in [3.05, 3.63) is 63.4 Å². The number of ketones is 2. The van der Waals surface area contributed by atoms with Crippen LogP contribution in [0.2, 0.25) is 5.02 Å². The lowest BCUT2D eigenvalue weighted by Gasteiger charge is -2.26.